The van der Waals surface area contributed by atoms with Gasteiger partial charge in [0.1, 0.15) is 0 Å². The van der Waals surface area contributed by atoms with Crippen molar-refractivity contribution in [1.82, 2.24) is 10.6 Å². The van der Waals surface area contributed by atoms with Crippen molar-refractivity contribution in [3.8, 4) is 0 Å². The molecule has 0 aromatic heterocycles. The molecule has 0 saturated carbocycles. The molecule has 1 heterocycles. The van der Waals surface area contributed by atoms with Gasteiger partial charge in [-0.15, -0.1) is 0 Å². The van der Waals surface area contributed by atoms with Crippen LogP contribution in [-0.4, -0.2) is 29.6 Å². The van der Waals surface area contributed by atoms with E-state index in [2.05, 4.69) is 22.9 Å². The summed E-state index contributed by atoms with van der Waals surface area (Å²) in [7, 11) is 0. The topological polar surface area (TPSA) is 67.4 Å². The van der Waals surface area contributed by atoms with E-state index in [1.165, 1.54) is 0 Å². The molecule has 1 aliphatic rings. The average Bonchev–Trinajstić information content (AvgIpc) is 2.08. The summed E-state index contributed by atoms with van der Waals surface area (Å²) in [5.74, 6) is -0.513. The van der Waals surface area contributed by atoms with Crippen molar-refractivity contribution in [2.24, 2.45) is 5.92 Å². The van der Waals surface area contributed by atoms with Gasteiger partial charge in [-0.25, -0.2) is 0 Å². The largest absolute Gasteiger partial charge is 0.359 e. The van der Waals surface area contributed by atoms with Crippen LogP contribution < -0.4 is 10.6 Å². The highest BCUT2D eigenvalue weighted by Crippen LogP contribution is 2.03. The molecule has 0 aromatic carbocycles. The van der Waals surface area contributed by atoms with Crippen molar-refractivity contribution in [2.75, 3.05) is 6.61 Å². The summed E-state index contributed by atoms with van der Waals surface area (Å²) in [6.07, 6.45) is -0.267. The molecule has 0 radical (unpaired) electrons. The predicted octanol–water partition coefficient (Wildman–Crippen LogP) is -0.0514. The molecule has 0 bridgehead atoms. The third-order valence-electron chi connectivity index (χ3n) is 1.93. The molecule has 0 unspecified atom stereocenters. The summed E-state index contributed by atoms with van der Waals surface area (Å²) in [5.41, 5.74) is 0. The number of hydrogen-bond acceptors (Lipinski definition) is 4. The zero-order valence-electron chi connectivity index (χ0n) is 8.70. The molecule has 0 spiro atoms. The van der Waals surface area contributed by atoms with Crippen LogP contribution in [0.2, 0.25) is 0 Å². The number of amides is 2. The van der Waals surface area contributed by atoms with Crippen LogP contribution in [0.25, 0.3) is 0 Å². The molecular weight excluding hydrogens is 216 g/mol. The van der Waals surface area contributed by atoms with Gasteiger partial charge in [-0.3, -0.25) is 9.59 Å². The van der Waals surface area contributed by atoms with E-state index >= 15 is 0 Å². The fourth-order valence-corrected chi connectivity index (χ4v) is 1.28. The third kappa shape index (κ3) is 3.56. The maximum Gasteiger partial charge on any atom is 0.265 e. The summed E-state index contributed by atoms with van der Waals surface area (Å²) in [5, 5.41) is 4.70. The Morgan fingerprint density at radius 2 is 1.87 bits per heavy atom. The molecule has 1 fully saturated rings. The Morgan fingerprint density at radius 3 is 2.33 bits per heavy atom. The fraction of sp³-hybridized carbons (Fsp3) is 0.667. The minimum Gasteiger partial charge on any atom is -0.359 e. The van der Waals surface area contributed by atoms with Crippen molar-refractivity contribution < 1.29 is 14.3 Å². The fourth-order valence-electron chi connectivity index (χ4n) is 1.08. The number of carbonyl (C=O) groups excluding carboxylic acids is 2. The number of nitrogens with one attached hydrogen (secondary N) is 2. The van der Waals surface area contributed by atoms with E-state index in [4.69, 9.17) is 4.74 Å². The molecule has 0 aromatic rings. The van der Waals surface area contributed by atoms with E-state index in [1.54, 1.807) is 0 Å². The van der Waals surface area contributed by atoms with Crippen LogP contribution in [0.4, 0.5) is 0 Å². The van der Waals surface area contributed by atoms with Crippen molar-refractivity contribution >= 4 is 29.1 Å². The first-order chi connectivity index (χ1) is 7.00. The van der Waals surface area contributed by atoms with Gasteiger partial charge >= 0.3 is 0 Å². The molecule has 5 nitrogen and oxygen atoms in total. The lowest BCUT2D eigenvalue weighted by Gasteiger charge is -2.22. The lowest BCUT2D eigenvalue weighted by atomic mass is 10.1. The van der Waals surface area contributed by atoms with Gasteiger partial charge in [-0.05, 0) is 24.6 Å². The molecule has 1 rings (SSSR count). The van der Waals surface area contributed by atoms with E-state index in [-0.39, 0.29) is 5.11 Å². The van der Waals surface area contributed by atoms with Gasteiger partial charge in [-0.2, -0.15) is 0 Å². The molecular formula is C9H14N2O3S. The Bertz CT molecular complexity index is 271. The van der Waals surface area contributed by atoms with Crippen LogP contribution in [0.5, 0.6) is 0 Å². The number of thiocarbonyl (C=S) groups is 1. The van der Waals surface area contributed by atoms with Crippen LogP contribution >= 0.6 is 12.2 Å². The standard InChI is InChI=1S/C9H14N2O3S/c1-5(2)3-4-14-6-7(12)10-9(15)11-8(6)13/h5-6H,3-4H2,1-2H3,(H2,10,11,12,13,15). The number of hydrogen-bond donors (Lipinski definition) is 2. The smallest absolute Gasteiger partial charge is 0.265 e. The third-order valence-corrected chi connectivity index (χ3v) is 2.13. The van der Waals surface area contributed by atoms with E-state index in [0.29, 0.717) is 12.5 Å². The first-order valence-corrected chi connectivity index (χ1v) is 5.19. The predicted molar refractivity (Wildman–Crippen MR) is 58.1 cm³/mol. The molecule has 2 amide bonds. The lowest BCUT2D eigenvalue weighted by Crippen LogP contribution is -2.59. The van der Waals surface area contributed by atoms with Gasteiger partial charge in [0, 0.05) is 6.61 Å². The summed E-state index contributed by atoms with van der Waals surface area (Å²) in [6.45, 7) is 4.47. The first-order valence-electron chi connectivity index (χ1n) is 4.78. The van der Waals surface area contributed by atoms with Crippen LogP contribution in [0.1, 0.15) is 20.3 Å². The van der Waals surface area contributed by atoms with Gasteiger partial charge in [0.05, 0.1) is 0 Å². The van der Waals surface area contributed by atoms with Crippen LogP contribution in [-0.2, 0) is 14.3 Å². The summed E-state index contributed by atoms with van der Waals surface area (Å²) >= 11 is 4.65. The zero-order valence-corrected chi connectivity index (χ0v) is 9.52. The number of ether oxygens (including phenoxy) is 1. The zero-order chi connectivity index (χ0) is 11.4. The maximum absolute atomic E-state index is 11.3. The van der Waals surface area contributed by atoms with Gasteiger partial charge in [0.15, 0.2) is 5.11 Å². The van der Waals surface area contributed by atoms with Gasteiger partial charge in [-0.1, -0.05) is 13.8 Å². The second-order valence-corrected chi connectivity index (χ2v) is 4.15. The van der Waals surface area contributed by atoms with Crippen molar-refractivity contribution in [3.63, 3.8) is 0 Å². The average molecular weight is 230 g/mol. The van der Waals surface area contributed by atoms with E-state index < -0.39 is 17.9 Å². The molecule has 1 aliphatic heterocycles. The number of carbonyl (C=O) groups is 2. The molecule has 15 heavy (non-hydrogen) atoms. The highest BCUT2D eigenvalue weighted by atomic mass is 32.1. The normalized spacial score (nSPS) is 17.9. The maximum atomic E-state index is 11.3. The van der Waals surface area contributed by atoms with Gasteiger partial charge < -0.3 is 15.4 Å². The second kappa shape index (κ2) is 5.18. The summed E-state index contributed by atoms with van der Waals surface area (Å²) < 4.78 is 5.18. The molecule has 1 saturated heterocycles. The van der Waals surface area contributed by atoms with Crippen molar-refractivity contribution in [1.29, 1.82) is 0 Å². The molecule has 6 heteroatoms. The van der Waals surface area contributed by atoms with Crippen LogP contribution in [0, 0.1) is 5.92 Å². The monoisotopic (exact) mass is 230 g/mol. The lowest BCUT2D eigenvalue weighted by molar-refractivity contribution is -0.145. The quantitative estimate of drug-likeness (QED) is 0.525. The molecule has 2 N–H and O–H groups in total. The Labute approximate surface area is 93.5 Å². The molecule has 84 valence electrons. The van der Waals surface area contributed by atoms with E-state index in [9.17, 15) is 9.59 Å². The Kier molecular flexibility index (Phi) is 4.16. The van der Waals surface area contributed by atoms with Crippen molar-refractivity contribution in [3.05, 3.63) is 0 Å². The van der Waals surface area contributed by atoms with Gasteiger partial charge in [0.2, 0.25) is 6.10 Å². The van der Waals surface area contributed by atoms with Crippen LogP contribution in [0.15, 0.2) is 0 Å². The Balaban J connectivity index is 2.43. The van der Waals surface area contributed by atoms with E-state index in [0.717, 1.165) is 6.42 Å². The van der Waals surface area contributed by atoms with Crippen molar-refractivity contribution in [2.45, 2.75) is 26.4 Å². The Morgan fingerprint density at radius 1 is 1.33 bits per heavy atom. The minimum absolute atomic E-state index is 0.0358. The SMILES string of the molecule is CC(C)CCOC1C(=O)NC(=S)NC1=O. The van der Waals surface area contributed by atoms with Crippen LogP contribution in [0.3, 0.4) is 0 Å². The van der Waals surface area contributed by atoms with Gasteiger partial charge in [0.25, 0.3) is 11.8 Å². The Hall–Kier alpha value is -1.01. The molecule has 0 aliphatic carbocycles. The summed E-state index contributed by atoms with van der Waals surface area (Å²) in [6, 6.07) is 0. The first kappa shape index (κ1) is 12.1. The second-order valence-electron chi connectivity index (χ2n) is 3.74. The highest BCUT2D eigenvalue weighted by Gasteiger charge is 2.33. The minimum atomic E-state index is -1.07. The van der Waals surface area contributed by atoms with E-state index in [1.807, 2.05) is 13.8 Å². The molecule has 0 atom stereocenters. The highest BCUT2D eigenvalue weighted by molar-refractivity contribution is 7.80. The summed E-state index contributed by atoms with van der Waals surface area (Å²) in [4.78, 5) is 22.6. The number of rotatable bonds is 4.